The summed E-state index contributed by atoms with van der Waals surface area (Å²) in [7, 11) is 1.61. The van der Waals surface area contributed by atoms with Crippen LogP contribution in [-0.4, -0.2) is 35.0 Å². The van der Waals surface area contributed by atoms with Crippen LogP contribution in [-0.2, 0) is 0 Å². The number of hydrogen-bond donors (Lipinski definition) is 0. The predicted octanol–water partition coefficient (Wildman–Crippen LogP) is 2.86. The van der Waals surface area contributed by atoms with Gasteiger partial charge in [-0.1, -0.05) is 22.9 Å². The lowest BCUT2D eigenvalue weighted by Gasteiger charge is -2.34. The van der Waals surface area contributed by atoms with E-state index in [1.807, 2.05) is 0 Å². The Bertz CT molecular complexity index is 402. The molecule has 2 rings (SSSR count). The Balaban J connectivity index is 2.17. The Labute approximate surface area is 118 Å². The largest absolute Gasteiger partial charge is 0.480 e. The number of alkyl halides is 1. The van der Waals surface area contributed by atoms with Crippen LogP contribution in [0, 0.1) is 5.92 Å². The Morgan fingerprint density at radius 1 is 1.53 bits per heavy atom. The standard InChI is InChI=1S/C11H15Br2N3O/c1-7-3-4-16(6-9(7)13)11-14-5-8(12)10(15-11)17-2/h5,7,9H,3-4,6H2,1-2H3. The third kappa shape index (κ3) is 2.91. The fourth-order valence-electron chi connectivity index (χ4n) is 1.84. The van der Waals surface area contributed by atoms with Gasteiger partial charge in [-0.05, 0) is 28.3 Å². The van der Waals surface area contributed by atoms with Crippen LogP contribution in [0.25, 0.3) is 0 Å². The van der Waals surface area contributed by atoms with Crippen LogP contribution >= 0.6 is 31.9 Å². The Hall–Kier alpha value is -0.360. The number of nitrogens with zero attached hydrogens (tertiary/aromatic N) is 3. The highest BCUT2D eigenvalue weighted by atomic mass is 79.9. The molecule has 1 fully saturated rings. The molecule has 1 aromatic rings. The first kappa shape index (κ1) is 13.1. The second kappa shape index (κ2) is 5.52. The SMILES string of the molecule is COc1nc(N2CCC(C)C(Br)C2)ncc1Br. The van der Waals surface area contributed by atoms with E-state index in [9.17, 15) is 0 Å². The van der Waals surface area contributed by atoms with Gasteiger partial charge < -0.3 is 9.64 Å². The molecule has 2 heterocycles. The minimum Gasteiger partial charge on any atom is -0.480 e. The van der Waals surface area contributed by atoms with Gasteiger partial charge in [-0.2, -0.15) is 4.98 Å². The van der Waals surface area contributed by atoms with Gasteiger partial charge >= 0.3 is 0 Å². The topological polar surface area (TPSA) is 38.2 Å². The Morgan fingerprint density at radius 2 is 2.29 bits per heavy atom. The van der Waals surface area contributed by atoms with Crippen LogP contribution in [0.3, 0.4) is 0 Å². The van der Waals surface area contributed by atoms with Crippen molar-refractivity contribution >= 4 is 37.8 Å². The lowest BCUT2D eigenvalue weighted by Crippen LogP contribution is -2.41. The van der Waals surface area contributed by atoms with Crippen LogP contribution in [0.1, 0.15) is 13.3 Å². The molecule has 17 heavy (non-hydrogen) atoms. The van der Waals surface area contributed by atoms with Crippen LogP contribution in [0.15, 0.2) is 10.7 Å². The summed E-state index contributed by atoms with van der Waals surface area (Å²) in [4.78, 5) is 11.4. The van der Waals surface area contributed by atoms with Crippen molar-refractivity contribution in [3.8, 4) is 5.88 Å². The van der Waals surface area contributed by atoms with Crippen molar-refractivity contribution in [1.82, 2.24) is 9.97 Å². The first-order valence-electron chi connectivity index (χ1n) is 5.57. The van der Waals surface area contributed by atoms with Gasteiger partial charge in [0.25, 0.3) is 0 Å². The van der Waals surface area contributed by atoms with Crippen molar-refractivity contribution in [2.24, 2.45) is 5.92 Å². The Morgan fingerprint density at radius 3 is 2.94 bits per heavy atom. The fraction of sp³-hybridized carbons (Fsp3) is 0.636. The van der Waals surface area contributed by atoms with E-state index in [0.29, 0.717) is 16.6 Å². The summed E-state index contributed by atoms with van der Waals surface area (Å²) in [5, 5.41) is 0. The fourth-order valence-corrected chi connectivity index (χ4v) is 2.81. The molecule has 0 saturated carbocycles. The molecule has 0 aliphatic carbocycles. The number of halogens is 2. The molecule has 0 bridgehead atoms. The van der Waals surface area contributed by atoms with E-state index in [4.69, 9.17) is 4.74 Å². The van der Waals surface area contributed by atoms with Crippen molar-refractivity contribution in [3.63, 3.8) is 0 Å². The zero-order valence-corrected chi connectivity index (χ0v) is 13.0. The van der Waals surface area contributed by atoms with E-state index in [-0.39, 0.29) is 0 Å². The number of aromatic nitrogens is 2. The molecule has 2 atom stereocenters. The van der Waals surface area contributed by atoms with E-state index in [0.717, 1.165) is 29.9 Å². The first-order valence-corrected chi connectivity index (χ1v) is 7.28. The second-order valence-corrected chi connectivity index (χ2v) is 6.29. The van der Waals surface area contributed by atoms with E-state index in [2.05, 4.69) is 53.7 Å². The number of ether oxygens (including phenoxy) is 1. The van der Waals surface area contributed by atoms with Gasteiger partial charge in [0.05, 0.1) is 17.8 Å². The van der Waals surface area contributed by atoms with Gasteiger partial charge in [-0.3, -0.25) is 0 Å². The van der Waals surface area contributed by atoms with Gasteiger partial charge in [0.2, 0.25) is 11.8 Å². The van der Waals surface area contributed by atoms with E-state index >= 15 is 0 Å². The smallest absolute Gasteiger partial charge is 0.232 e. The van der Waals surface area contributed by atoms with Crippen molar-refractivity contribution in [2.75, 3.05) is 25.1 Å². The molecule has 0 radical (unpaired) electrons. The highest BCUT2D eigenvalue weighted by Crippen LogP contribution is 2.28. The van der Waals surface area contributed by atoms with Crippen LogP contribution in [0.5, 0.6) is 5.88 Å². The molecular weight excluding hydrogens is 350 g/mol. The molecule has 4 nitrogen and oxygen atoms in total. The summed E-state index contributed by atoms with van der Waals surface area (Å²) < 4.78 is 5.97. The molecule has 6 heteroatoms. The summed E-state index contributed by atoms with van der Waals surface area (Å²) >= 11 is 7.06. The monoisotopic (exact) mass is 363 g/mol. The maximum atomic E-state index is 5.19. The quantitative estimate of drug-likeness (QED) is 0.756. The lowest BCUT2D eigenvalue weighted by molar-refractivity contribution is 0.391. The summed E-state index contributed by atoms with van der Waals surface area (Å²) in [6.45, 7) is 4.19. The molecule has 2 unspecified atom stereocenters. The summed E-state index contributed by atoms with van der Waals surface area (Å²) in [5.41, 5.74) is 0. The van der Waals surface area contributed by atoms with Gasteiger partial charge in [0, 0.05) is 17.9 Å². The number of methoxy groups -OCH3 is 1. The molecule has 1 aromatic heterocycles. The summed E-state index contributed by atoms with van der Waals surface area (Å²) in [5.74, 6) is 2.02. The average molecular weight is 365 g/mol. The number of anilines is 1. The Kier molecular flexibility index (Phi) is 4.25. The first-order chi connectivity index (χ1) is 8.11. The molecule has 94 valence electrons. The highest BCUT2D eigenvalue weighted by Gasteiger charge is 2.25. The third-order valence-electron chi connectivity index (χ3n) is 3.04. The molecule has 0 amide bonds. The van der Waals surface area contributed by atoms with E-state index < -0.39 is 0 Å². The van der Waals surface area contributed by atoms with Gasteiger partial charge in [0.15, 0.2) is 0 Å². The maximum Gasteiger partial charge on any atom is 0.232 e. The zero-order valence-electron chi connectivity index (χ0n) is 9.86. The molecular formula is C11H15Br2N3O. The van der Waals surface area contributed by atoms with Crippen LogP contribution in [0.4, 0.5) is 5.95 Å². The lowest BCUT2D eigenvalue weighted by atomic mass is 9.99. The normalized spacial score (nSPS) is 24.8. The number of rotatable bonds is 2. The van der Waals surface area contributed by atoms with Crippen molar-refractivity contribution < 1.29 is 4.74 Å². The minimum atomic E-state index is 0.495. The minimum absolute atomic E-state index is 0.495. The molecule has 1 saturated heterocycles. The predicted molar refractivity (Wildman–Crippen MR) is 75.0 cm³/mol. The second-order valence-electron chi connectivity index (χ2n) is 4.26. The van der Waals surface area contributed by atoms with Crippen molar-refractivity contribution in [2.45, 2.75) is 18.2 Å². The van der Waals surface area contributed by atoms with Crippen molar-refractivity contribution in [1.29, 1.82) is 0 Å². The molecule has 1 aliphatic heterocycles. The van der Waals surface area contributed by atoms with Gasteiger partial charge in [-0.15, -0.1) is 0 Å². The molecule has 0 N–H and O–H groups in total. The maximum absolute atomic E-state index is 5.19. The summed E-state index contributed by atoms with van der Waals surface area (Å²) in [6, 6.07) is 0. The molecule has 0 aromatic carbocycles. The third-order valence-corrected chi connectivity index (χ3v) is 4.78. The number of piperidine rings is 1. The summed E-state index contributed by atoms with van der Waals surface area (Å²) in [6.07, 6.45) is 2.89. The van der Waals surface area contributed by atoms with Crippen LogP contribution < -0.4 is 9.64 Å². The van der Waals surface area contributed by atoms with Gasteiger partial charge in [-0.25, -0.2) is 4.98 Å². The highest BCUT2D eigenvalue weighted by molar-refractivity contribution is 9.10. The van der Waals surface area contributed by atoms with Crippen LogP contribution in [0.2, 0.25) is 0 Å². The van der Waals surface area contributed by atoms with Gasteiger partial charge in [0.1, 0.15) is 0 Å². The molecule has 1 aliphatic rings. The van der Waals surface area contributed by atoms with E-state index in [1.54, 1.807) is 13.3 Å². The average Bonchev–Trinajstić information content (AvgIpc) is 2.33. The molecule has 0 spiro atoms. The zero-order chi connectivity index (χ0) is 12.4. The van der Waals surface area contributed by atoms with Crippen molar-refractivity contribution in [3.05, 3.63) is 10.7 Å². The number of hydrogen-bond acceptors (Lipinski definition) is 4. The van der Waals surface area contributed by atoms with E-state index in [1.165, 1.54) is 0 Å².